The number of guanidine groups is 1. The quantitative estimate of drug-likeness (QED) is 0.375. The number of nitrogens with one attached hydrogen (secondary N) is 1. The summed E-state index contributed by atoms with van der Waals surface area (Å²) in [6.07, 6.45) is 0.967. The van der Waals surface area contributed by atoms with E-state index in [0.29, 0.717) is 19.6 Å². The minimum Gasteiger partial charge on any atom is -0.456 e. The molecule has 1 saturated heterocycles. The Kier molecular flexibility index (Phi) is 7.07. The van der Waals surface area contributed by atoms with Crippen LogP contribution in [0.3, 0.4) is 0 Å². The first kappa shape index (κ1) is 24.6. The smallest absolute Gasteiger partial charge is 0.280 e. The number of benzene rings is 2. The first-order chi connectivity index (χ1) is 15.4. The molecule has 1 aliphatic rings. The molecule has 0 spiro atoms. The molecule has 178 valence electrons. The fourth-order valence-corrected chi connectivity index (χ4v) is 5.77. The predicted molar refractivity (Wildman–Crippen MR) is 122 cm³/mol. The van der Waals surface area contributed by atoms with Crippen LogP contribution in [0.2, 0.25) is 0 Å². The number of carbonyl (C=O) groups excluding carboxylic acids is 1. The first-order valence-corrected chi connectivity index (χ1v) is 13.2. The number of hydrogen-bond donors (Lipinski definition) is 3. The fraction of sp³-hybridized carbons (Fsp3) is 0.300. The van der Waals surface area contributed by atoms with Crippen LogP contribution in [0.5, 0.6) is 11.5 Å². The van der Waals surface area contributed by atoms with E-state index in [-0.39, 0.29) is 32.9 Å². The van der Waals surface area contributed by atoms with Crippen LogP contribution in [0, 0.1) is 0 Å². The van der Waals surface area contributed by atoms with E-state index in [0.717, 1.165) is 12.3 Å². The second-order valence-electron chi connectivity index (χ2n) is 7.52. The highest BCUT2D eigenvalue weighted by atomic mass is 32.2. The minimum absolute atomic E-state index is 0.0370. The Labute approximate surface area is 192 Å². The minimum atomic E-state index is -3.79. The van der Waals surface area contributed by atoms with Gasteiger partial charge >= 0.3 is 0 Å². The Balaban J connectivity index is 1.89. The number of hydrogen-bond acceptors (Lipinski definition) is 7. The number of sulfonamides is 1. The van der Waals surface area contributed by atoms with Crippen molar-refractivity contribution in [2.75, 3.05) is 25.9 Å². The lowest BCUT2D eigenvalue weighted by Crippen LogP contribution is -2.52. The molecule has 2 aromatic carbocycles. The van der Waals surface area contributed by atoms with E-state index in [1.54, 1.807) is 0 Å². The standard InChI is InChI=1S/C20H25N5O6S2/c1-13-12-23-9-10-25(13)33(29,30)16-6-4-15(5-7-16)31-17-8-3-14(19(26)24-20(21)22)11-18(17)32(2,27)28/h3-8,11,13,23H,9-10,12H2,1-2H3,(H4,21,22,24,26). The molecule has 5 N–H and O–H groups in total. The molecule has 1 amide bonds. The molecular formula is C20H25N5O6S2. The van der Waals surface area contributed by atoms with Crippen molar-refractivity contribution in [2.45, 2.75) is 22.8 Å². The zero-order valence-electron chi connectivity index (χ0n) is 18.1. The number of amides is 1. The Morgan fingerprint density at radius 2 is 1.79 bits per heavy atom. The molecule has 33 heavy (non-hydrogen) atoms. The number of piperazine rings is 1. The van der Waals surface area contributed by atoms with E-state index in [1.165, 1.54) is 40.7 Å². The van der Waals surface area contributed by atoms with Gasteiger partial charge in [0.05, 0.1) is 4.90 Å². The van der Waals surface area contributed by atoms with Gasteiger partial charge in [-0.1, -0.05) is 0 Å². The third kappa shape index (κ3) is 5.68. The Morgan fingerprint density at radius 1 is 1.12 bits per heavy atom. The van der Waals surface area contributed by atoms with Crippen molar-refractivity contribution in [1.82, 2.24) is 9.62 Å². The van der Waals surface area contributed by atoms with Crippen LogP contribution >= 0.6 is 0 Å². The molecule has 0 saturated carbocycles. The van der Waals surface area contributed by atoms with Gasteiger partial charge in [-0.2, -0.15) is 9.30 Å². The summed E-state index contributed by atoms with van der Waals surface area (Å²) in [4.78, 5) is 15.3. The average Bonchev–Trinajstić information content (AvgIpc) is 2.73. The number of nitrogens with two attached hydrogens (primary N) is 2. The summed E-state index contributed by atoms with van der Waals surface area (Å²) in [5.41, 5.74) is 10.4. The van der Waals surface area contributed by atoms with Gasteiger partial charge in [-0.05, 0) is 49.4 Å². The van der Waals surface area contributed by atoms with Crippen molar-refractivity contribution in [1.29, 1.82) is 0 Å². The third-order valence-corrected chi connectivity index (χ3v) is 8.07. The second-order valence-corrected chi connectivity index (χ2v) is 11.4. The van der Waals surface area contributed by atoms with Gasteiger partial charge < -0.3 is 21.5 Å². The van der Waals surface area contributed by atoms with Gasteiger partial charge in [0.25, 0.3) is 5.91 Å². The van der Waals surface area contributed by atoms with Gasteiger partial charge in [0, 0.05) is 37.5 Å². The predicted octanol–water partition coefficient (Wildman–Crippen LogP) is 0.278. The summed E-state index contributed by atoms with van der Waals surface area (Å²) in [7, 11) is -7.47. The molecule has 0 bridgehead atoms. The van der Waals surface area contributed by atoms with Crippen molar-refractivity contribution in [3.05, 3.63) is 48.0 Å². The van der Waals surface area contributed by atoms with Crippen LogP contribution in [0.4, 0.5) is 0 Å². The summed E-state index contributed by atoms with van der Waals surface area (Å²) >= 11 is 0. The van der Waals surface area contributed by atoms with Crippen molar-refractivity contribution < 1.29 is 26.4 Å². The highest BCUT2D eigenvalue weighted by Gasteiger charge is 2.30. The van der Waals surface area contributed by atoms with Crippen molar-refractivity contribution in [3.8, 4) is 11.5 Å². The van der Waals surface area contributed by atoms with Crippen molar-refractivity contribution in [3.63, 3.8) is 0 Å². The molecule has 0 aliphatic carbocycles. The van der Waals surface area contributed by atoms with Gasteiger partial charge in [-0.15, -0.1) is 0 Å². The summed E-state index contributed by atoms with van der Waals surface area (Å²) < 4.78 is 57.6. The summed E-state index contributed by atoms with van der Waals surface area (Å²) in [6, 6.07) is 9.23. The SMILES string of the molecule is CC1CNCCN1S(=O)(=O)c1ccc(Oc2ccc(C(=O)N=C(N)N)cc2S(C)(=O)=O)cc1. The van der Waals surface area contributed by atoms with Crippen LogP contribution in [0.25, 0.3) is 0 Å². The van der Waals surface area contributed by atoms with E-state index in [4.69, 9.17) is 16.2 Å². The number of aliphatic imine (C=N–C) groups is 1. The Morgan fingerprint density at radius 3 is 2.36 bits per heavy atom. The molecule has 3 rings (SSSR count). The maximum atomic E-state index is 12.9. The molecule has 1 heterocycles. The average molecular weight is 496 g/mol. The zero-order valence-corrected chi connectivity index (χ0v) is 19.7. The monoisotopic (exact) mass is 495 g/mol. The van der Waals surface area contributed by atoms with Gasteiger partial charge in [-0.3, -0.25) is 4.79 Å². The topological polar surface area (TPSA) is 174 Å². The Hall–Kier alpha value is -3.00. The van der Waals surface area contributed by atoms with E-state index in [1.807, 2.05) is 6.92 Å². The molecule has 0 aromatic heterocycles. The van der Waals surface area contributed by atoms with Crippen molar-refractivity contribution in [2.24, 2.45) is 16.5 Å². The molecular weight excluding hydrogens is 470 g/mol. The van der Waals surface area contributed by atoms with Crippen LogP contribution in [0.15, 0.2) is 57.2 Å². The number of carbonyl (C=O) groups is 1. The summed E-state index contributed by atoms with van der Waals surface area (Å²) in [5.74, 6) is -1.07. The zero-order chi connectivity index (χ0) is 24.4. The van der Waals surface area contributed by atoms with E-state index < -0.39 is 31.7 Å². The number of rotatable bonds is 6. The van der Waals surface area contributed by atoms with Crippen LogP contribution < -0.4 is 21.5 Å². The van der Waals surface area contributed by atoms with Crippen molar-refractivity contribution >= 4 is 31.7 Å². The molecule has 2 aromatic rings. The van der Waals surface area contributed by atoms with E-state index >= 15 is 0 Å². The van der Waals surface area contributed by atoms with Crippen LogP contribution in [-0.2, 0) is 19.9 Å². The van der Waals surface area contributed by atoms with E-state index in [2.05, 4.69) is 10.3 Å². The molecule has 1 aliphatic heterocycles. The lowest BCUT2D eigenvalue weighted by Gasteiger charge is -2.32. The maximum Gasteiger partial charge on any atom is 0.280 e. The van der Waals surface area contributed by atoms with Crippen LogP contribution in [0.1, 0.15) is 17.3 Å². The summed E-state index contributed by atoms with van der Waals surface area (Å²) in [5, 5.41) is 3.15. The molecule has 1 fully saturated rings. The fourth-order valence-electron chi connectivity index (χ4n) is 3.32. The molecule has 13 heteroatoms. The molecule has 1 unspecified atom stereocenters. The highest BCUT2D eigenvalue weighted by Crippen LogP contribution is 2.31. The molecule has 11 nitrogen and oxygen atoms in total. The molecule has 1 atom stereocenters. The van der Waals surface area contributed by atoms with Gasteiger partial charge in [0.15, 0.2) is 15.8 Å². The van der Waals surface area contributed by atoms with Crippen LogP contribution in [-0.4, -0.2) is 64.9 Å². The molecule has 0 radical (unpaired) electrons. The summed E-state index contributed by atoms with van der Waals surface area (Å²) in [6.45, 7) is 3.33. The van der Waals surface area contributed by atoms with Gasteiger partial charge in [-0.25, -0.2) is 16.8 Å². The lowest BCUT2D eigenvalue weighted by molar-refractivity contribution is 0.100. The Bertz CT molecular complexity index is 1290. The lowest BCUT2D eigenvalue weighted by atomic mass is 10.2. The number of nitrogens with zero attached hydrogens (tertiary/aromatic N) is 2. The van der Waals surface area contributed by atoms with E-state index in [9.17, 15) is 21.6 Å². The maximum absolute atomic E-state index is 12.9. The van der Waals surface area contributed by atoms with Gasteiger partial charge in [0.2, 0.25) is 10.0 Å². The first-order valence-electron chi connectivity index (χ1n) is 9.88. The number of ether oxygens (including phenoxy) is 1. The second kappa shape index (κ2) is 9.47. The highest BCUT2D eigenvalue weighted by molar-refractivity contribution is 7.90. The van der Waals surface area contributed by atoms with Gasteiger partial charge in [0.1, 0.15) is 16.4 Å². The number of sulfone groups is 1. The largest absolute Gasteiger partial charge is 0.456 e. The normalized spacial score (nSPS) is 17.3. The third-order valence-electron chi connectivity index (χ3n) is 4.92.